The summed E-state index contributed by atoms with van der Waals surface area (Å²) in [6.45, 7) is 7.60. The molecular weight excluding hydrogens is 354 g/mol. The van der Waals surface area contributed by atoms with Gasteiger partial charge in [-0.3, -0.25) is 9.69 Å². The van der Waals surface area contributed by atoms with Crippen LogP contribution < -0.4 is 10.5 Å². The van der Waals surface area contributed by atoms with Crippen molar-refractivity contribution in [3.8, 4) is 0 Å². The van der Waals surface area contributed by atoms with Gasteiger partial charge in [-0.15, -0.1) is 0 Å². The van der Waals surface area contributed by atoms with Crippen molar-refractivity contribution in [1.82, 2.24) is 10.2 Å². The quantitative estimate of drug-likeness (QED) is 0.730. The van der Waals surface area contributed by atoms with Crippen LogP contribution >= 0.6 is 0 Å². The minimum absolute atomic E-state index is 0.0449. The van der Waals surface area contributed by atoms with E-state index in [1.165, 1.54) is 12.1 Å². The molecule has 0 radical (unpaired) electrons. The Kier molecular flexibility index (Phi) is 6.57. The fraction of sp³-hybridized carbons (Fsp3) is 0.389. The summed E-state index contributed by atoms with van der Waals surface area (Å²) in [6, 6.07) is 8.07. The third-order valence-electron chi connectivity index (χ3n) is 4.42. The van der Waals surface area contributed by atoms with Gasteiger partial charge in [0.2, 0.25) is 10.0 Å². The van der Waals surface area contributed by atoms with E-state index in [1.54, 1.807) is 19.3 Å². The Hall–Kier alpha value is -2.16. The van der Waals surface area contributed by atoms with Gasteiger partial charge in [-0.2, -0.15) is 0 Å². The van der Waals surface area contributed by atoms with Crippen molar-refractivity contribution < 1.29 is 17.6 Å². The lowest BCUT2D eigenvalue weighted by Gasteiger charge is -2.28. The van der Waals surface area contributed by atoms with E-state index >= 15 is 0 Å². The van der Waals surface area contributed by atoms with E-state index in [9.17, 15) is 13.2 Å². The van der Waals surface area contributed by atoms with Crippen LogP contribution in [0.5, 0.6) is 0 Å². The molecule has 7 nitrogen and oxygen atoms in total. The Morgan fingerprint density at radius 2 is 1.92 bits per heavy atom. The summed E-state index contributed by atoms with van der Waals surface area (Å²) in [7, 11) is -3.88. The lowest BCUT2D eigenvalue weighted by atomic mass is 10.1. The summed E-state index contributed by atoms with van der Waals surface area (Å²) < 4.78 is 28.8. The van der Waals surface area contributed by atoms with Gasteiger partial charge in [0.1, 0.15) is 5.76 Å². The van der Waals surface area contributed by atoms with Gasteiger partial charge >= 0.3 is 0 Å². The van der Waals surface area contributed by atoms with Crippen LogP contribution in [0.2, 0.25) is 0 Å². The maximum Gasteiger partial charge on any atom is 0.251 e. The molecule has 0 saturated carbocycles. The highest BCUT2D eigenvalue weighted by molar-refractivity contribution is 7.89. The minimum Gasteiger partial charge on any atom is -0.468 e. The number of rotatable bonds is 8. The fourth-order valence-electron chi connectivity index (χ4n) is 3.01. The number of hydrogen-bond acceptors (Lipinski definition) is 5. The number of primary sulfonamides is 1. The molecule has 1 aromatic carbocycles. The molecule has 0 fully saturated rings. The molecule has 1 atom stereocenters. The molecule has 0 aliphatic rings. The normalized spacial score (nSPS) is 13.0. The van der Waals surface area contributed by atoms with Gasteiger partial charge in [-0.1, -0.05) is 19.9 Å². The first-order valence-corrected chi connectivity index (χ1v) is 10.0. The molecule has 1 aromatic heterocycles. The zero-order valence-electron chi connectivity index (χ0n) is 15.2. The summed E-state index contributed by atoms with van der Waals surface area (Å²) in [5.41, 5.74) is 0.624. The summed E-state index contributed by atoms with van der Waals surface area (Å²) in [5.74, 6) is 0.417. The van der Waals surface area contributed by atoms with Crippen molar-refractivity contribution >= 4 is 15.9 Å². The van der Waals surface area contributed by atoms with Crippen LogP contribution in [0.25, 0.3) is 0 Å². The Morgan fingerprint density at radius 1 is 1.23 bits per heavy atom. The van der Waals surface area contributed by atoms with Crippen LogP contribution in [0, 0.1) is 6.92 Å². The second kappa shape index (κ2) is 8.48. The monoisotopic (exact) mass is 379 g/mol. The topological polar surface area (TPSA) is 106 Å². The highest BCUT2D eigenvalue weighted by Crippen LogP contribution is 2.21. The summed E-state index contributed by atoms with van der Waals surface area (Å²) >= 11 is 0. The molecule has 8 heteroatoms. The molecule has 2 rings (SSSR count). The number of nitrogens with zero attached hydrogens (tertiary/aromatic N) is 1. The third-order valence-corrected chi connectivity index (χ3v) is 5.47. The first-order valence-electron chi connectivity index (χ1n) is 8.47. The average molecular weight is 379 g/mol. The molecule has 0 spiro atoms. The lowest BCUT2D eigenvalue weighted by molar-refractivity contribution is 0.0929. The van der Waals surface area contributed by atoms with Gasteiger partial charge in [0, 0.05) is 12.1 Å². The first-order chi connectivity index (χ1) is 12.3. The van der Waals surface area contributed by atoms with E-state index in [2.05, 4.69) is 10.2 Å². The van der Waals surface area contributed by atoms with E-state index in [-0.39, 0.29) is 22.4 Å². The Balaban J connectivity index is 2.21. The maximum absolute atomic E-state index is 12.6. The zero-order valence-corrected chi connectivity index (χ0v) is 16.0. The largest absolute Gasteiger partial charge is 0.468 e. The highest BCUT2D eigenvalue weighted by atomic mass is 32.2. The zero-order chi connectivity index (χ0) is 19.3. The lowest BCUT2D eigenvalue weighted by Crippen LogP contribution is -2.38. The van der Waals surface area contributed by atoms with Crippen molar-refractivity contribution in [2.75, 3.05) is 19.6 Å². The molecule has 0 unspecified atom stereocenters. The molecular formula is C18H25N3O4S. The number of furan rings is 1. The van der Waals surface area contributed by atoms with Crippen LogP contribution in [-0.2, 0) is 10.0 Å². The minimum atomic E-state index is -3.88. The summed E-state index contributed by atoms with van der Waals surface area (Å²) in [5, 5.41) is 8.09. The van der Waals surface area contributed by atoms with E-state index in [0.29, 0.717) is 12.1 Å². The maximum atomic E-state index is 12.6. The third kappa shape index (κ3) is 4.51. The van der Waals surface area contributed by atoms with Gasteiger partial charge in [0.05, 0.1) is 17.2 Å². The van der Waals surface area contributed by atoms with E-state index in [1.807, 2.05) is 26.0 Å². The van der Waals surface area contributed by atoms with Gasteiger partial charge in [0.25, 0.3) is 5.91 Å². The Labute approximate surface area is 154 Å². The van der Waals surface area contributed by atoms with Gasteiger partial charge in [0.15, 0.2) is 0 Å². The number of amides is 1. The number of hydrogen-bond donors (Lipinski definition) is 2. The SMILES string of the molecule is CCN(CC)[C@H](CNC(=O)c1cccc(S(N)(=O)=O)c1C)c1ccco1. The molecule has 0 bridgehead atoms. The molecule has 1 heterocycles. The molecule has 1 amide bonds. The molecule has 0 saturated heterocycles. The van der Waals surface area contributed by atoms with Crippen LogP contribution in [0.3, 0.4) is 0 Å². The van der Waals surface area contributed by atoms with Gasteiger partial charge in [-0.05, 0) is 49.8 Å². The van der Waals surface area contributed by atoms with Crippen LogP contribution in [0.4, 0.5) is 0 Å². The summed E-state index contributed by atoms with van der Waals surface area (Å²) in [4.78, 5) is 14.8. The van der Waals surface area contributed by atoms with Crippen molar-refractivity contribution in [3.05, 3.63) is 53.5 Å². The van der Waals surface area contributed by atoms with Crippen molar-refractivity contribution in [2.45, 2.75) is 31.7 Å². The number of carbonyl (C=O) groups excluding carboxylic acids is 1. The van der Waals surface area contributed by atoms with Crippen molar-refractivity contribution in [2.24, 2.45) is 5.14 Å². The number of nitrogens with one attached hydrogen (secondary N) is 1. The Morgan fingerprint density at radius 3 is 2.46 bits per heavy atom. The first kappa shape index (κ1) is 20.2. The van der Waals surface area contributed by atoms with Crippen LogP contribution in [0.1, 0.15) is 41.6 Å². The molecule has 142 valence electrons. The van der Waals surface area contributed by atoms with Crippen molar-refractivity contribution in [3.63, 3.8) is 0 Å². The highest BCUT2D eigenvalue weighted by Gasteiger charge is 2.23. The predicted molar refractivity (Wildman–Crippen MR) is 99.3 cm³/mol. The number of likely N-dealkylation sites (N-methyl/N-ethyl adjacent to an activating group) is 1. The van der Waals surface area contributed by atoms with E-state index in [4.69, 9.17) is 9.56 Å². The van der Waals surface area contributed by atoms with Gasteiger partial charge in [-0.25, -0.2) is 13.6 Å². The number of benzene rings is 1. The molecule has 26 heavy (non-hydrogen) atoms. The Bertz CT molecular complexity index is 843. The smallest absolute Gasteiger partial charge is 0.251 e. The fourth-order valence-corrected chi connectivity index (χ4v) is 3.81. The molecule has 0 aliphatic carbocycles. The molecule has 2 aromatic rings. The predicted octanol–water partition coefficient (Wildman–Crippen LogP) is 2.05. The van der Waals surface area contributed by atoms with E-state index < -0.39 is 10.0 Å². The van der Waals surface area contributed by atoms with Gasteiger partial charge < -0.3 is 9.73 Å². The molecule has 3 N–H and O–H groups in total. The van der Waals surface area contributed by atoms with Crippen molar-refractivity contribution in [1.29, 1.82) is 0 Å². The second-order valence-electron chi connectivity index (χ2n) is 5.94. The second-order valence-corrected chi connectivity index (χ2v) is 7.47. The molecule has 0 aliphatic heterocycles. The number of nitrogens with two attached hydrogens (primary N) is 1. The van der Waals surface area contributed by atoms with Crippen LogP contribution in [0.15, 0.2) is 45.9 Å². The van der Waals surface area contributed by atoms with Crippen LogP contribution in [-0.4, -0.2) is 38.9 Å². The van der Waals surface area contributed by atoms with E-state index in [0.717, 1.165) is 18.8 Å². The standard InChI is InChI=1S/C18H25N3O4S/c1-4-21(5-2)15(16-9-7-11-25-16)12-20-18(22)14-8-6-10-17(13(14)3)26(19,23)24/h6-11,15H,4-5,12H2,1-3H3,(H,20,22)(H2,19,23,24)/t15-/m1/s1. The average Bonchev–Trinajstić information content (AvgIpc) is 3.11. The number of carbonyl (C=O) groups is 1. The number of sulfonamides is 1. The summed E-state index contributed by atoms with van der Waals surface area (Å²) in [6.07, 6.45) is 1.60.